The number of nitrogens with two attached hydrogens (primary N) is 2. The second-order valence-electron chi connectivity index (χ2n) is 2.97. The molecule has 82 valence electrons. The van der Waals surface area contributed by atoms with Crippen LogP contribution in [0, 0.1) is 0 Å². The van der Waals surface area contributed by atoms with Crippen molar-refractivity contribution in [1.29, 1.82) is 0 Å². The fraction of sp³-hybridized carbons (Fsp3) is 0.250. The molecule has 0 saturated carbocycles. The molecule has 7 nitrogen and oxygen atoms in total. The fourth-order valence-electron chi connectivity index (χ4n) is 0.979. The van der Waals surface area contributed by atoms with Gasteiger partial charge in [-0.15, -0.1) is 0 Å². The average molecular weight is 213 g/mol. The quantitative estimate of drug-likeness (QED) is 0.403. The Labute approximate surface area is 85.0 Å². The number of amides is 1. The average Bonchev–Trinajstić information content (AvgIpc) is 2.19. The lowest BCUT2D eigenvalue weighted by molar-refractivity contribution is -0.132. The smallest absolute Gasteiger partial charge is 0.249 e. The molecule has 2 atom stereocenters. The second-order valence-corrected chi connectivity index (χ2v) is 2.97. The molecule has 1 rings (SSSR count). The van der Waals surface area contributed by atoms with E-state index in [1.165, 1.54) is 0 Å². The van der Waals surface area contributed by atoms with E-state index in [0.717, 1.165) is 12.3 Å². The van der Waals surface area contributed by atoms with Crippen molar-refractivity contribution in [1.82, 2.24) is 4.98 Å². The van der Waals surface area contributed by atoms with Gasteiger partial charge >= 0.3 is 0 Å². The number of aromatic hydroxyl groups is 1. The summed E-state index contributed by atoms with van der Waals surface area (Å²) in [5.41, 5.74) is 10.1. The third kappa shape index (κ3) is 2.33. The molecule has 0 radical (unpaired) electrons. The van der Waals surface area contributed by atoms with Gasteiger partial charge in [0.2, 0.25) is 5.91 Å². The number of hydrogen-bond donors (Lipinski definition) is 5. The number of carbonyl (C=O) groups excluding carboxylic acids is 1. The summed E-state index contributed by atoms with van der Waals surface area (Å²) in [5, 5.41) is 27.7. The first-order valence-corrected chi connectivity index (χ1v) is 4.03. The van der Waals surface area contributed by atoms with Gasteiger partial charge in [-0.05, 0) is 6.07 Å². The first kappa shape index (κ1) is 11.2. The van der Waals surface area contributed by atoms with Crippen LogP contribution in [0.1, 0.15) is 11.7 Å². The van der Waals surface area contributed by atoms with Crippen LogP contribution in [0.4, 0.5) is 5.82 Å². The minimum atomic E-state index is -1.75. The molecule has 0 aromatic carbocycles. The Morgan fingerprint density at radius 1 is 1.47 bits per heavy atom. The molecule has 0 bridgehead atoms. The van der Waals surface area contributed by atoms with Crippen molar-refractivity contribution in [3.8, 4) is 5.75 Å². The van der Waals surface area contributed by atoms with Crippen LogP contribution >= 0.6 is 0 Å². The van der Waals surface area contributed by atoms with Gasteiger partial charge in [-0.1, -0.05) is 0 Å². The van der Waals surface area contributed by atoms with Crippen LogP contribution in [0.3, 0.4) is 0 Å². The maximum absolute atomic E-state index is 10.6. The summed E-state index contributed by atoms with van der Waals surface area (Å²) in [7, 11) is 0. The van der Waals surface area contributed by atoms with Gasteiger partial charge in [0, 0.05) is 11.8 Å². The number of anilines is 1. The molecular formula is C8H11N3O4. The zero-order valence-electron chi connectivity index (χ0n) is 7.66. The lowest BCUT2D eigenvalue weighted by atomic mass is 10.1. The molecule has 7 N–H and O–H groups in total. The minimum Gasteiger partial charge on any atom is -0.504 e. The summed E-state index contributed by atoms with van der Waals surface area (Å²) < 4.78 is 0. The minimum absolute atomic E-state index is 0.0491. The molecule has 1 amide bonds. The molecule has 1 heterocycles. The van der Waals surface area contributed by atoms with Crippen molar-refractivity contribution in [3.63, 3.8) is 0 Å². The highest BCUT2D eigenvalue weighted by Gasteiger charge is 2.24. The topological polar surface area (TPSA) is 143 Å². The summed E-state index contributed by atoms with van der Waals surface area (Å²) >= 11 is 0. The zero-order valence-corrected chi connectivity index (χ0v) is 7.66. The number of pyridine rings is 1. The Hall–Kier alpha value is -1.86. The number of aromatic nitrogens is 1. The maximum atomic E-state index is 10.6. The van der Waals surface area contributed by atoms with E-state index in [1.54, 1.807) is 0 Å². The fourth-order valence-corrected chi connectivity index (χ4v) is 0.979. The van der Waals surface area contributed by atoms with Gasteiger partial charge in [-0.3, -0.25) is 4.79 Å². The molecule has 1 aromatic heterocycles. The number of nitrogens with zero attached hydrogens (tertiary/aromatic N) is 1. The van der Waals surface area contributed by atoms with Crippen LogP contribution in [0.25, 0.3) is 0 Å². The summed E-state index contributed by atoms with van der Waals surface area (Å²) in [6.45, 7) is 0. The normalized spacial score (nSPS) is 14.5. The third-order valence-corrected chi connectivity index (χ3v) is 1.85. The molecular weight excluding hydrogens is 202 g/mol. The summed E-state index contributed by atoms with van der Waals surface area (Å²) in [5.74, 6) is -1.53. The van der Waals surface area contributed by atoms with E-state index in [9.17, 15) is 15.0 Å². The number of nitrogen functional groups attached to an aromatic ring is 1. The van der Waals surface area contributed by atoms with Gasteiger partial charge in [-0.2, -0.15) is 0 Å². The van der Waals surface area contributed by atoms with Crippen LogP contribution in [0.2, 0.25) is 0 Å². The zero-order chi connectivity index (χ0) is 11.6. The lowest BCUT2D eigenvalue weighted by Crippen LogP contribution is -2.33. The van der Waals surface area contributed by atoms with Crippen molar-refractivity contribution in [3.05, 3.63) is 17.8 Å². The number of hydrogen-bond acceptors (Lipinski definition) is 6. The van der Waals surface area contributed by atoms with E-state index in [4.69, 9.17) is 16.6 Å². The predicted molar refractivity (Wildman–Crippen MR) is 50.5 cm³/mol. The first-order chi connectivity index (χ1) is 6.93. The standard InChI is InChI=1S/C8H11N3O4/c9-7-4(12)1-3(2-11-7)5(13)6(14)8(10)15/h1-2,5-6,12-14H,(H2,9,11)(H2,10,15). The van der Waals surface area contributed by atoms with Gasteiger partial charge < -0.3 is 26.8 Å². The van der Waals surface area contributed by atoms with Crippen molar-refractivity contribution in [2.75, 3.05) is 5.73 Å². The van der Waals surface area contributed by atoms with E-state index in [1.807, 2.05) is 0 Å². The summed E-state index contributed by atoms with van der Waals surface area (Å²) in [4.78, 5) is 14.1. The number of carbonyl (C=O) groups is 1. The number of aliphatic hydroxyl groups excluding tert-OH is 2. The molecule has 0 aliphatic carbocycles. The second kappa shape index (κ2) is 4.11. The van der Waals surface area contributed by atoms with Crippen LogP contribution in [-0.2, 0) is 4.79 Å². The van der Waals surface area contributed by atoms with Crippen molar-refractivity contribution in [2.24, 2.45) is 5.73 Å². The molecule has 2 unspecified atom stereocenters. The molecule has 0 saturated heterocycles. The number of rotatable bonds is 3. The highest BCUT2D eigenvalue weighted by atomic mass is 16.3. The molecule has 0 spiro atoms. The highest BCUT2D eigenvalue weighted by molar-refractivity contribution is 5.79. The van der Waals surface area contributed by atoms with E-state index in [0.29, 0.717) is 0 Å². The highest BCUT2D eigenvalue weighted by Crippen LogP contribution is 2.23. The summed E-state index contributed by atoms with van der Waals surface area (Å²) in [6, 6.07) is 1.10. The molecule has 0 aliphatic rings. The molecule has 1 aromatic rings. The van der Waals surface area contributed by atoms with E-state index >= 15 is 0 Å². The Morgan fingerprint density at radius 2 is 2.07 bits per heavy atom. The predicted octanol–water partition coefficient (Wildman–Crippen LogP) is -1.75. The first-order valence-electron chi connectivity index (χ1n) is 4.03. The largest absolute Gasteiger partial charge is 0.504 e. The van der Waals surface area contributed by atoms with Gasteiger partial charge in [0.15, 0.2) is 17.7 Å². The Bertz CT molecular complexity index is 382. The molecule has 15 heavy (non-hydrogen) atoms. The molecule has 0 aliphatic heterocycles. The van der Waals surface area contributed by atoms with Crippen LogP contribution in [-0.4, -0.2) is 32.3 Å². The van der Waals surface area contributed by atoms with E-state index < -0.39 is 18.1 Å². The summed E-state index contributed by atoms with van der Waals surface area (Å²) in [6.07, 6.45) is -2.16. The van der Waals surface area contributed by atoms with Gasteiger partial charge in [0.25, 0.3) is 0 Å². The Morgan fingerprint density at radius 3 is 2.53 bits per heavy atom. The van der Waals surface area contributed by atoms with Gasteiger partial charge in [-0.25, -0.2) is 4.98 Å². The number of primary amides is 1. The molecule has 0 fully saturated rings. The van der Waals surface area contributed by atoms with Crippen molar-refractivity contribution >= 4 is 11.7 Å². The monoisotopic (exact) mass is 213 g/mol. The van der Waals surface area contributed by atoms with Gasteiger partial charge in [0.05, 0.1) is 0 Å². The SMILES string of the molecule is NC(=O)C(O)C(O)c1cnc(N)c(O)c1. The maximum Gasteiger partial charge on any atom is 0.249 e. The third-order valence-electron chi connectivity index (χ3n) is 1.85. The lowest BCUT2D eigenvalue weighted by Gasteiger charge is -2.14. The van der Waals surface area contributed by atoms with E-state index in [-0.39, 0.29) is 17.1 Å². The van der Waals surface area contributed by atoms with Crippen LogP contribution in [0.5, 0.6) is 5.75 Å². The Kier molecular flexibility index (Phi) is 3.08. The van der Waals surface area contributed by atoms with Crippen LogP contribution in [0.15, 0.2) is 12.3 Å². The number of aliphatic hydroxyl groups is 2. The van der Waals surface area contributed by atoms with Crippen molar-refractivity contribution < 1.29 is 20.1 Å². The Balaban J connectivity index is 2.96. The van der Waals surface area contributed by atoms with Gasteiger partial charge in [0.1, 0.15) is 6.10 Å². The molecule has 7 heteroatoms. The van der Waals surface area contributed by atoms with Crippen molar-refractivity contribution in [2.45, 2.75) is 12.2 Å². The van der Waals surface area contributed by atoms with E-state index in [2.05, 4.69) is 4.98 Å². The van der Waals surface area contributed by atoms with Crippen LogP contribution < -0.4 is 11.5 Å².